The first kappa shape index (κ1) is 14.1. The van der Waals surface area contributed by atoms with Gasteiger partial charge in [-0.25, -0.2) is 4.57 Å². The normalized spacial score (nSPS) is 11.6. The van der Waals surface area contributed by atoms with E-state index in [4.69, 9.17) is 0 Å². The molecule has 0 aliphatic heterocycles. The van der Waals surface area contributed by atoms with Crippen LogP contribution in [-0.2, 0) is 13.5 Å². The highest BCUT2D eigenvalue weighted by atomic mass is 127. The third kappa shape index (κ3) is 3.74. The molecule has 0 saturated heterocycles. The number of aromatic nitrogens is 2. The van der Waals surface area contributed by atoms with Gasteiger partial charge in [-0.15, -0.1) is 0 Å². The zero-order chi connectivity index (χ0) is 11.4. The van der Waals surface area contributed by atoms with Crippen molar-refractivity contribution in [3.05, 3.63) is 60.2 Å². The van der Waals surface area contributed by atoms with Crippen molar-refractivity contribution in [3.63, 3.8) is 0 Å². The molecule has 1 unspecified atom stereocenters. The van der Waals surface area contributed by atoms with Crippen molar-refractivity contribution in [2.45, 2.75) is 12.5 Å². The highest BCUT2D eigenvalue weighted by molar-refractivity contribution is 5.13. The average Bonchev–Trinajstić information content (AvgIpc) is 2.31. The van der Waals surface area contributed by atoms with Crippen molar-refractivity contribution >= 4 is 0 Å². The lowest BCUT2D eigenvalue weighted by atomic mass is 10.1. The fraction of sp³-hybridized carbons (Fsp3) is 0.231. The number of rotatable bonds is 3. The van der Waals surface area contributed by atoms with Crippen LogP contribution in [0.1, 0.15) is 17.4 Å². The topological polar surface area (TPSA) is 37.0 Å². The Morgan fingerprint density at radius 1 is 1.24 bits per heavy atom. The molecular formula is C13H15IN2O. The van der Waals surface area contributed by atoms with Gasteiger partial charge in [0.15, 0.2) is 6.20 Å². The number of hydrogen-bond donors (Lipinski definition) is 1. The molecule has 1 N–H and O–H groups in total. The fourth-order valence-electron chi connectivity index (χ4n) is 1.73. The Hall–Kier alpha value is -1.01. The standard InChI is InChI=1S/C13H15N2O.HI/c1-15-9-3-2-4-12(15)13(16)10-11-5-7-14-8-6-11;/h2-9,13,16H,10H2,1H3;1H/q+1;/p-1. The molecule has 2 aromatic heterocycles. The molecule has 2 rings (SSSR count). The Balaban J connectivity index is 0.00000144. The minimum Gasteiger partial charge on any atom is -1.00 e. The van der Waals surface area contributed by atoms with E-state index in [9.17, 15) is 5.11 Å². The predicted octanol–water partition coefficient (Wildman–Crippen LogP) is -1.81. The van der Waals surface area contributed by atoms with Crippen molar-refractivity contribution in [3.8, 4) is 0 Å². The molecule has 3 nitrogen and oxygen atoms in total. The lowest BCUT2D eigenvalue weighted by molar-refractivity contribution is -0.683. The van der Waals surface area contributed by atoms with Gasteiger partial charge in [0, 0.05) is 30.9 Å². The van der Waals surface area contributed by atoms with Gasteiger partial charge in [0.25, 0.3) is 0 Å². The molecule has 0 aliphatic rings. The molecule has 0 radical (unpaired) electrons. The Morgan fingerprint density at radius 3 is 2.59 bits per heavy atom. The molecule has 4 heteroatoms. The van der Waals surface area contributed by atoms with Crippen LogP contribution in [0.2, 0.25) is 0 Å². The van der Waals surface area contributed by atoms with Crippen LogP contribution < -0.4 is 28.5 Å². The predicted molar refractivity (Wildman–Crippen MR) is 60.5 cm³/mol. The van der Waals surface area contributed by atoms with Crippen LogP contribution in [0.4, 0.5) is 0 Å². The van der Waals surface area contributed by atoms with E-state index in [0.29, 0.717) is 6.42 Å². The number of aliphatic hydroxyl groups excluding tert-OH is 1. The third-order valence-corrected chi connectivity index (χ3v) is 2.61. The van der Waals surface area contributed by atoms with Gasteiger partial charge in [-0.05, 0) is 17.7 Å². The fourth-order valence-corrected chi connectivity index (χ4v) is 1.73. The smallest absolute Gasteiger partial charge is 0.210 e. The molecule has 0 fully saturated rings. The second-order valence-electron chi connectivity index (χ2n) is 3.81. The second kappa shape index (κ2) is 6.66. The van der Waals surface area contributed by atoms with Crippen molar-refractivity contribution in [1.82, 2.24) is 4.98 Å². The summed E-state index contributed by atoms with van der Waals surface area (Å²) in [5, 5.41) is 10.1. The van der Waals surface area contributed by atoms with E-state index in [1.54, 1.807) is 12.4 Å². The number of pyridine rings is 2. The van der Waals surface area contributed by atoms with Gasteiger partial charge < -0.3 is 29.1 Å². The lowest BCUT2D eigenvalue weighted by Crippen LogP contribution is -3.00. The average molecular weight is 342 g/mol. The van der Waals surface area contributed by atoms with Gasteiger partial charge >= 0.3 is 0 Å². The van der Waals surface area contributed by atoms with Crippen molar-refractivity contribution in [1.29, 1.82) is 0 Å². The number of hydrogen-bond acceptors (Lipinski definition) is 2. The summed E-state index contributed by atoms with van der Waals surface area (Å²) in [6.45, 7) is 0. The van der Waals surface area contributed by atoms with E-state index in [1.807, 2.05) is 48.1 Å². The maximum atomic E-state index is 10.1. The van der Waals surface area contributed by atoms with E-state index in [0.717, 1.165) is 11.3 Å². The second-order valence-corrected chi connectivity index (χ2v) is 3.81. The molecule has 17 heavy (non-hydrogen) atoms. The van der Waals surface area contributed by atoms with Gasteiger partial charge in [-0.1, -0.05) is 6.07 Å². The Labute approximate surface area is 118 Å². The summed E-state index contributed by atoms with van der Waals surface area (Å²) in [5.41, 5.74) is 2.01. The van der Waals surface area contributed by atoms with Crippen LogP contribution in [-0.4, -0.2) is 10.1 Å². The highest BCUT2D eigenvalue weighted by Gasteiger charge is 2.16. The van der Waals surface area contributed by atoms with Crippen LogP contribution in [0.15, 0.2) is 48.9 Å². The Bertz CT molecular complexity index is 462. The molecule has 0 amide bonds. The van der Waals surface area contributed by atoms with E-state index in [-0.39, 0.29) is 24.0 Å². The number of aryl methyl sites for hydroxylation is 1. The summed E-state index contributed by atoms with van der Waals surface area (Å²) < 4.78 is 1.94. The van der Waals surface area contributed by atoms with E-state index >= 15 is 0 Å². The highest BCUT2D eigenvalue weighted by Crippen LogP contribution is 2.13. The molecule has 0 bridgehead atoms. The van der Waals surface area contributed by atoms with E-state index < -0.39 is 6.10 Å². The zero-order valence-electron chi connectivity index (χ0n) is 9.62. The molecule has 1 atom stereocenters. The molecule has 0 spiro atoms. The van der Waals surface area contributed by atoms with Crippen molar-refractivity contribution in [2.75, 3.05) is 0 Å². The minimum absolute atomic E-state index is 0. The van der Waals surface area contributed by atoms with Gasteiger partial charge in [0.05, 0.1) is 0 Å². The first-order chi connectivity index (χ1) is 7.77. The van der Waals surface area contributed by atoms with Gasteiger partial charge in [0.1, 0.15) is 13.2 Å². The van der Waals surface area contributed by atoms with Crippen LogP contribution in [0, 0.1) is 0 Å². The quantitative estimate of drug-likeness (QED) is 0.527. The largest absolute Gasteiger partial charge is 1.00 e. The summed E-state index contributed by atoms with van der Waals surface area (Å²) in [6, 6.07) is 9.66. The van der Waals surface area contributed by atoms with Gasteiger partial charge in [-0.3, -0.25) is 4.98 Å². The van der Waals surface area contributed by atoms with Gasteiger partial charge in [-0.2, -0.15) is 0 Å². The molecular weight excluding hydrogens is 327 g/mol. The maximum absolute atomic E-state index is 10.1. The molecule has 0 aliphatic carbocycles. The number of nitrogens with zero attached hydrogens (tertiary/aromatic N) is 2. The summed E-state index contributed by atoms with van der Waals surface area (Å²) in [6.07, 6.45) is 5.56. The Morgan fingerprint density at radius 2 is 1.94 bits per heavy atom. The summed E-state index contributed by atoms with van der Waals surface area (Å²) in [7, 11) is 1.94. The van der Waals surface area contributed by atoms with Crippen LogP contribution in [0.5, 0.6) is 0 Å². The maximum Gasteiger partial charge on any atom is 0.210 e. The first-order valence-corrected chi connectivity index (χ1v) is 5.29. The molecule has 0 saturated carbocycles. The summed E-state index contributed by atoms with van der Waals surface area (Å²) in [5.74, 6) is 0. The Kier molecular flexibility index (Phi) is 5.50. The summed E-state index contributed by atoms with van der Waals surface area (Å²) >= 11 is 0. The van der Waals surface area contributed by atoms with Crippen molar-refractivity contribution < 1.29 is 33.7 Å². The SMILES string of the molecule is C[n+]1ccccc1C(O)Cc1ccncc1.[I-]. The van der Waals surface area contributed by atoms with Crippen LogP contribution in [0.25, 0.3) is 0 Å². The third-order valence-electron chi connectivity index (χ3n) is 2.61. The lowest BCUT2D eigenvalue weighted by Gasteiger charge is -2.08. The monoisotopic (exact) mass is 342 g/mol. The van der Waals surface area contributed by atoms with Crippen LogP contribution >= 0.6 is 0 Å². The summed E-state index contributed by atoms with van der Waals surface area (Å²) in [4.78, 5) is 3.96. The number of aliphatic hydroxyl groups is 1. The van der Waals surface area contributed by atoms with Gasteiger partial charge in [0.2, 0.25) is 5.69 Å². The van der Waals surface area contributed by atoms with Crippen LogP contribution in [0.3, 0.4) is 0 Å². The number of halogens is 1. The molecule has 90 valence electrons. The van der Waals surface area contributed by atoms with E-state index in [2.05, 4.69) is 4.98 Å². The molecule has 2 aromatic rings. The zero-order valence-corrected chi connectivity index (χ0v) is 11.8. The minimum atomic E-state index is -0.478. The van der Waals surface area contributed by atoms with E-state index in [1.165, 1.54) is 0 Å². The first-order valence-electron chi connectivity index (χ1n) is 5.29. The molecule has 2 heterocycles. The van der Waals surface area contributed by atoms with Crippen molar-refractivity contribution in [2.24, 2.45) is 7.05 Å². The molecule has 0 aromatic carbocycles.